The number of hydrogen-bond donors (Lipinski definition) is 0. The molecule has 0 bridgehead atoms. The van der Waals surface area contributed by atoms with Crippen LogP contribution in [-0.4, -0.2) is 16.1 Å². The Kier molecular flexibility index (Phi) is 2.60. The molecule has 1 aromatic heterocycles. The first-order valence-corrected chi connectivity index (χ1v) is 3.27. The predicted molar refractivity (Wildman–Crippen MR) is 43.6 cm³/mol. The molecule has 0 aliphatic rings. The number of nitrogens with zero attached hydrogens (tertiary/aromatic N) is 2. The number of pyridine rings is 1. The fraction of sp³-hybridized carbons (Fsp3) is 0. The number of isothiocyanates is 1. The van der Waals surface area contributed by atoms with Gasteiger partial charge in [-0.3, -0.25) is 9.78 Å². The molecule has 1 amide bonds. The van der Waals surface area contributed by atoms with Crippen LogP contribution in [0.5, 0.6) is 0 Å². The SMILES string of the molecule is O=C(N=C=S)c1cccnc1. The largest absolute Gasteiger partial charge is 0.287 e. The van der Waals surface area contributed by atoms with Gasteiger partial charge in [0.25, 0.3) is 5.91 Å². The molecule has 0 saturated heterocycles. The molecule has 0 aromatic carbocycles. The van der Waals surface area contributed by atoms with Gasteiger partial charge >= 0.3 is 0 Å². The zero-order chi connectivity index (χ0) is 8.10. The summed E-state index contributed by atoms with van der Waals surface area (Å²) in [4.78, 5) is 17.9. The molecule has 0 N–H and O–H groups in total. The van der Waals surface area contributed by atoms with Crippen molar-refractivity contribution in [2.24, 2.45) is 4.99 Å². The van der Waals surface area contributed by atoms with Gasteiger partial charge < -0.3 is 0 Å². The minimum atomic E-state index is -0.409. The summed E-state index contributed by atoms with van der Waals surface area (Å²) >= 11 is 4.27. The van der Waals surface area contributed by atoms with Crippen LogP contribution in [0.15, 0.2) is 29.5 Å². The molecule has 1 rings (SSSR count). The lowest BCUT2D eigenvalue weighted by Gasteiger charge is -1.88. The summed E-state index contributed by atoms with van der Waals surface area (Å²) in [5, 5.41) is 2.00. The summed E-state index contributed by atoms with van der Waals surface area (Å²) in [6, 6.07) is 3.28. The normalized spacial score (nSPS) is 8.36. The molecule has 4 heteroatoms. The Bertz CT molecular complexity index is 303. The molecule has 0 fully saturated rings. The first-order chi connectivity index (χ1) is 5.34. The van der Waals surface area contributed by atoms with Crippen LogP contribution >= 0.6 is 12.2 Å². The Morgan fingerprint density at radius 1 is 1.73 bits per heavy atom. The molecule has 0 unspecified atom stereocenters. The number of aliphatic imine (C=N–C) groups is 1. The molecule has 1 heterocycles. The fourth-order valence-corrected chi connectivity index (χ4v) is 0.678. The number of thiocarbonyl (C=S) groups is 1. The summed E-state index contributed by atoms with van der Waals surface area (Å²) in [5.41, 5.74) is 0.421. The number of hydrogen-bond acceptors (Lipinski definition) is 3. The summed E-state index contributed by atoms with van der Waals surface area (Å²) in [6.07, 6.45) is 3.01. The average molecular weight is 164 g/mol. The highest BCUT2D eigenvalue weighted by molar-refractivity contribution is 7.78. The van der Waals surface area contributed by atoms with Crippen molar-refractivity contribution in [2.75, 3.05) is 0 Å². The van der Waals surface area contributed by atoms with Crippen molar-refractivity contribution in [1.82, 2.24) is 4.98 Å². The highest BCUT2D eigenvalue weighted by atomic mass is 32.1. The van der Waals surface area contributed by atoms with E-state index in [9.17, 15) is 4.79 Å². The average Bonchev–Trinajstić information content (AvgIpc) is 2.07. The van der Waals surface area contributed by atoms with Gasteiger partial charge in [0.1, 0.15) is 0 Å². The lowest BCUT2D eigenvalue weighted by atomic mass is 10.3. The molecular weight excluding hydrogens is 160 g/mol. The summed E-state index contributed by atoms with van der Waals surface area (Å²) in [7, 11) is 0. The second-order valence-corrected chi connectivity index (χ2v) is 1.93. The van der Waals surface area contributed by atoms with E-state index in [2.05, 4.69) is 22.2 Å². The summed E-state index contributed by atoms with van der Waals surface area (Å²) in [5.74, 6) is -0.409. The van der Waals surface area contributed by atoms with Crippen molar-refractivity contribution in [3.8, 4) is 0 Å². The second-order valence-electron chi connectivity index (χ2n) is 1.75. The van der Waals surface area contributed by atoms with Crippen LogP contribution in [0.1, 0.15) is 10.4 Å². The highest BCUT2D eigenvalue weighted by Gasteiger charge is 2.00. The van der Waals surface area contributed by atoms with E-state index < -0.39 is 5.91 Å². The summed E-state index contributed by atoms with van der Waals surface area (Å²) < 4.78 is 0. The molecule has 3 nitrogen and oxygen atoms in total. The number of rotatable bonds is 1. The Hall–Kier alpha value is -1.38. The van der Waals surface area contributed by atoms with Crippen LogP contribution in [0.4, 0.5) is 0 Å². The molecule has 0 spiro atoms. The zero-order valence-corrected chi connectivity index (χ0v) is 6.34. The van der Waals surface area contributed by atoms with E-state index in [0.717, 1.165) is 0 Å². The third-order valence-electron chi connectivity index (χ3n) is 1.06. The molecule has 0 radical (unpaired) electrons. The molecule has 54 valence electrons. The maximum atomic E-state index is 10.9. The quantitative estimate of drug-likeness (QED) is 0.464. The first-order valence-electron chi connectivity index (χ1n) is 2.87. The molecule has 1 aromatic rings. The van der Waals surface area contributed by atoms with Crippen LogP contribution < -0.4 is 0 Å². The predicted octanol–water partition coefficient (Wildman–Crippen LogP) is 1.32. The van der Waals surface area contributed by atoms with E-state index in [1.807, 2.05) is 5.16 Å². The van der Waals surface area contributed by atoms with Gasteiger partial charge in [0.15, 0.2) is 0 Å². The minimum absolute atomic E-state index is 0.409. The monoisotopic (exact) mass is 164 g/mol. The lowest BCUT2D eigenvalue weighted by Crippen LogP contribution is -1.93. The van der Waals surface area contributed by atoms with Gasteiger partial charge in [-0.2, -0.15) is 4.99 Å². The fourth-order valence-electron chi connectivity index (χ4n) is 0.595. The van der Waals surface area contributed by atoms with Gasteiger partial charge in [0.05, 0.1) is 10.7 Å². The van der Waals surface area contributed by atoms with Crippen LogP contribution in [0.2, 0.25) is 0 Å². The van der Waals surface area contributed by atoms with E-state index in [1.165, 1.54) is 6.20 Å². The van der Waals surface area contributed by atoms with Crippen LogP contribution in [-0.2, 0) is 0 Å². The van der Waals surface area contributed by atoms with Gasteiger partial charge in [-0.1, -0.05) is 0 Å². The number of aromatic nitrogens is 1. The van der Waals surface area contributed by atoms with Crippen LogP contribution in [0, 0.1) is 0 Å². The first kappa shape index (κ1) is 7.72. The summed E-state index contributed by atoms with van der Waals surface area (Å²) in [6.45, 7) is 0. The smallest absolute Gasteiger partial charge is 0.266 e. The van der Waals surface area contributed by atoms with E-state index >= 15 is 0 Å². The molecule has 0 saturated carbocycles. The van der Waals surface area contributed by atoms with Gasteiger partial charge in [0.2, 0.25) is 0 Å². The van der Waals surface area contributed by atoms with Crippen molar-refractivity contribution in [3.05, 3.63) is 30.1 Å². The Balaban J connectivity index is 2.94. The van der Waals surface area contributed by atoms with E-state index in [-0.39, 0.29) is 0 Å². The third-order valence-corrected chi connectivity index (χ3v) is 1.15. The Labute approximate surface area is 68.8 Å². The lowest BCUT2D eigenvalue weighted by molar-refractivity contribution is 0.100. The van der Waals surface area contributed by atoms with Crippen molar-refractivity contribution in [2.45, 2.75) is 0 Å². The van der Waals surface area contributed by atoms with E-state index in [4.69, 9.17) is 0 Å². The van der Waals surface area contributed by atoms with Gasteiger partial charge in [-0.25, -0.2) is 0 Å². The second kappa shape index (κ2) is 3.71. The van der Waals surface area contributed by atoms with Gasteiger partial charge in [-0.15, -0.1) is 0 Å². The van der Waals surface area contributed by atoms with Crippen LogP contribution in [0.25, 0.3) is 0 Å². The van der Waals surface area contributed by atoms with Crippen molar-refractivity contribution in [1.29, 1.82) is 0 Å². The number of carbonyl (C=O) groups excluding carboxylic acids is 1. The topological polar surface area (TPSA) is 42.3 Å². The van der Waals surface area contributed by atoms with E-state index in [0.29, 0.717) is 5.56 Å². The highest BCUT2D eigenvalue weighted by Crippen LogP contribution is 1.96. The standard InChI is InChI=1S/C7H4N2OS/c10-7(9-5-11)6-2-1-3-8-4-6/h1-4H. The zero-order valence-electron chi connectivity index (χ0n) is 5.52. The maximum absolute atomic E-state index is 10.9. The van der Waals surface area contributed by atoms with Gasteiger partial charge in [-0.05, 0) is 24.4 Å². The molecule has 0 atom stereocenters. The van der Waals surface area contributed by atoms with Crippen molar-refractivity contribution >= 4 is 23.3 Å². The Morgan fingerprint density at radius 3 is 3.09 bits per heavy atom. The van der Waals surface area contributed by atoms with Gasteiger partial charge in [0, 0.05) is 12.4 Å². The Morgan fingerprint density at radius 2 is 2.55 bits per heavy atom. The van der Waals surface area contributed by atoms with Crippen molar-refractivity contribution < 1.29 is 4.79 Å². The molecule has 0 aliphatic heterocycles. The molecule has 11 heavy (non-hydrogen) atoms. The number of carbonyl (C=O) groups is 1. The maximum Gasteiger partial charge on any atom is 0.287 e. The minimum Gasteiger partial charge on any atom is -0.266 e. The third kappa shape index (κ3) is 2.04. The van der Waals surface area contributed by atoms with Crippen LogP contribution in [0.3, 0.4) is 0 Å². The van der Waals surface area contributed by atoms with Crippen molar-refractivity contribution in [3.63, 3.8) is 0 Å². The number of amides is 1. The van der Waals surface area contributed by atoms with E-state index in [1.54, 1.807) is 18.3 Å². The molecule has 0 aliphatic carbocycles. The molecular formula is C7H4N2OS.